The van der Waals surface area contributed by atoms with Crippen LogP contribution >= 0.6 is 34.7 Å². The molecule has 28 heavy (non-hydrogen) atoms. The maximum absolute atomic E-state index is 12.3. The molecule has 1 N–H and O–H groups in total. The molecule has 5 nitrogen and oxygen atoms in total. The summed E-state index contributed by atoms with van der Waals surface area (Å²) in [6.07, 6.45) is 0.964. The zero-order chi connectivity index (χ0) is 20.1. The number of thiophene rings is 1. The number of halogens is 1. The second kappa shape index (κ2) is 9.58. The van der Waals surface area contributed by atoms with Crippen molar-refractivity contribution in [3.63, 3.8) is 0 Å². The molecule has 2 aromatic heterocycles. The lowest BCUT2D eigenvalue weighted by Crippen LogP contribution is -2.15. The van der Waals surface area contributed by atoms with Gasteiger partial charge in [-0.15, -0.1) is 21.5 Å². The maximum atomic E-state index is 12.3. The SMILES string of the molecule is CCCn1c(SCC(=O)Nc2ccccc2Cl)nnc1-c1csc(C(C)C)c1. The van der Waals surface area contributed by atoms with Gasteiger partial charge in [0.1, 0.15) is 0 Å². The van der Waals surface area contributed by atoms with E-state index in [0.717, 1.165) is 29.5 Å². The summed E-state index contributed by atoms with van der Waals surface area (Å²) < 4.78 is 2.10. The van der Waals surface area contributed by atoms with Crippen LogP contribution in [0.4, 0.5) is 5.69 Å². The summed E-state index contributed by atoms with van der Waals surface area (Å²) in [6, 6.07) is 9.39. The zero-order valence-electron chi connectivity index (χ0n) is 16.1. The molecule has 8 heteroatoms. The molecule has 0 atom stereocenters. The topological polar surface area (TPSA) is 59.8 Å². The summed E-state index contributed by atoms with van der Waals surface area (Å²) in [5, 5.41) is 15.0. The van der Waals surface area contributed by atoms with Crippen molar-refractivity contribution in [2.75, 3.05) is 11.1 Å². The average Bonchev–Trinajstić information content (AvgIpc) is 3.29. The number of nitrogens with zero attached hydrogens (tertiary/aromatic N) is 3. The largest absolute Gasteiger partial charge is 0.324 e. The Morgan fingerprint density at radius 2 is 2.11 bits per heavy atom. The van der Waals surface area contributed by atoms with Crippen LogP contribution in [0.15, 0.2) is 40.9 Å². The lowest BCUT2D eigenvalue weighted by atomic mass is 10.1. The highest BCUT2D eigenvalue weighted by Crippen LogP contribution is 2.31. The van der Waals surface area contributed by atoms with E-state index in [1.165, 1.54) is 16.6 Å². The van der Waals surface area contributed by atoms with Gasteiger partial charge in [0.25, 0.3) is 0 Å². The van der Waals surface area contributed by atoms with Gasteiger partial charge in [0, 0.05) is 22.4 Å². The molecular weight excluding hydrogens is 412 g/mol. The predicted molar refractivity (Wildman–Crippen MR) is 119 cm³/mol. The average molecular weight is 435 g/mol. The van der Waals surface area contributed by atoms with Crippen molar-refractivity contribution in [3.8, 4) is 11.4 Å². The summed E-state index contributed by atoms with van der Waals surface area (Å²) in [4.78, 5) is 13.6. The minimum atomic E-state index is -0.122. The summed E-state index contributed by atoms with van der Waals surface area (Å²) in [6.45, 7) is 7.30. The fraction of sp³-hybridized carbons (Fsp3) is 0.350. The van der Waals surface area contributed by atoms with E-state index in [2.05, 4.69) is 52.3 Å². The molecule has 0 spiro atoms. The molecule has 0 saturated carbocycles. The molecule has 3 rings (SSSR count). The Morgan fingerprint density at radius 1 is 1.32 bits per heavy atom. The summed E-state index contributed by atoms with van der Waals surface area (Å²) >= 11 is 9.23. The van der Waals surface area contributed by atoms with Gasteiger partial charge in [-0.1, -0.05) is 56.3 Å². The van der Waals surface area contributed by atoms with E-state index in [-0.39, 0.29) is 11.7 Å². The second-order valence-corrected chi connectivity index (χ2v) is 8.96. The van der Waals surface area contributed by atoms with Gasteiger partial charge >= 0.3 is 0 Å². The number of benzene rings is 1. The molecule has 0 aliphatic rings. The molecule has 148 valence electrons. The number of aromatic nitrogens is 3. The van der Waals surface area contributed by atoms with Gasteiger partial charge < -0.3 is 9.88 Å². The molecule has 0 unspecified atom stereocenters. The number of para-hydroxylation sites is 1. The van der Waals surface area contributed by atoms with Crippen molar-refractivity contribution in [2.45, 2.75) is 44.8 Å². The lowest BCUT2D eigenvalue weighted by molar-refractivity contribution is -0.113. The van der Waals surface area contributed by atoms with Crippen molar-refractivity contribution in [3.05, 3.63) is 45.6 Å². The summed E-state index contributed by atoms with van der Waals surface area (Å²) in [5.74, 6) is 1.47. The third kappa shape index (κ3) is 4.96. The van der Waals surface area contributed by atoms with Crippen LogP contribution < -0.4 is 5.32 Å². The first-order valence-corrected chi connectivity index (χ1v) is 11.4. The molecule has 0 radical (unpaired) electrons. The van der Waals surface area contributed by atoms with Gasteiger partial charge in [0.15, 0.2) is 11.0 Å². The van der Waals surface area contributed by atoms with Gasteiger partial charge in [-0.05, 0) is 30.5 Å². The van der Waals surface area contributed by atoms with E-state index < -0.39 is 0 Å². The van der Waals surface area contributed by atoms with E-state index in [1.54, 1.807) is 23.5 Å². The quantitative estimate of drug-likeness (QED) is 0.446. The molecule has 3 aromatic rings. The Morgan fingerprint density at radius 3 is 2.79 bits per heavy atom. The minimum absolute atomic E-state index is 0.122. The van der Waals surface area contributed by atoms with Crippen LogP contribution in [0.1, 0.15) is 38.0 Å². The highest BCUT2D eigenvalue weighted by atomic mass is 35.5. The fourth-order valence-electron chi connectivity index (χ4n) is 2.69. The number of rotatable bonds is 8. The Hall–Kier alpha value is -1.83. The van der Waals surface area contributed by atoms with Crippen LogP contribution in [-0.2, 0) is 11.3 Å². The third-order valence-electron chi connectivity index (χ3n) is 4.09. The van der Waals surface area contributed by atoms with Crippen LogP contribution in [-0.4, -0.2) is 26.4 Å². The van der Waals surface area contributed by atoms with E-state index in [4.69, 9.17) is 11.6 Å². The molecule has 0 saturated heterocycles. The first-order valence-electron chi connectivity index (χ1n) is 9.18. The van der Waals surface area contributed by atoms with Crippen molar-refractivity contribution >= 4 is 46.3 Å². The normalized spacial score (nSPS) is 11.2. The number of nitrogens with one attached hydrogen (secondary N) is 1. The van der Waals surface area contributed by atoms with Crippen LogP contribution in [0.2, 0.25) is 5.02 Å². The Balaban J connectivity index is 1.72. The monoisotopic (exact) mass is 434 g/mol. The molecule has 0 fully saturated rings. The lowest BCUT2D eigenvalue weighted by Gasteiger charge is -2.09. The number of amides is 1. The molecule has 1 aromatic carbocycles. The van der Waals surface area contributed by atoms with Gasteiger partial charge in [-0.2, -0.15) is 0 Å². The fourth-order valence-corrected chi connectivity index (χ4v) is 4.54. The van der Waals surface area contributed by atoms with Crippen molar-refractivity contribution < 1.29 is 4.79 Å². The maximum Gasteiger partial charge on any atom is 0.234 e. The number of carbonyl (C=O) groups is 1. The third-order valence-corrected chi connectivity index (χ3v) is 6.62. The Kier molecular flexibility index (Phi) is 7.15. The number of carbonyl (C=O) groups excluding carboxylic acids is 1. The molecular formula is C20H23ClN4OS2. The summed E-state index contributed by atoms with van der Waals surface area (Å²) in [5.41, 5.74) is 1.70. The molecule has 0 bridgehead atoms. The van der Waals surface area contributed by atoms with Crippen LogP contribution in [0, 0.1) is 0 Å². The van der Waals surface area contributed by atoms with Gasteiger partial charge in [-0.25, -0.2) is 0 Å². The van der Waals surface area contributed by atoms with E-state index in [9.17, 15) is 4.79 Å². The standard InChI is InChI=1S/C20H23ClN4OS2/c1-4-9-25-19(14-10-17(13(2)3)27-11-14)23-24-20(25)28-12-18(26)22-16-8-6-5-7-15(16)21/h5-8,10-11,13H,4,9,12H2,1-3H3,(H,22,26). The molecule has 0 aliphatic carbocycles. The van der Waals surface area contributed by atoms with Crippen LogP contribution in [0.3, 0.4) is 0 Å². The number of anilines is 1. The van der Waals surface area contributed by atoms with Crippen molar-refractivity contribution in [1.82, 2.24) is 14.8 Å². The van der Waals surface area contributed by atoms with Crippen molar-refractivity contribution in [2.24, 2.45) is 0 Å². The second-order valence-electron chi connectivity index (χ2n) is 6.67. The minimum Gasteiger partial charge on any atom is -0.324 e. The first-order chi connectivity index (χ1) is 13.5. The highest BCUT2D eigenvalue weighted by Gasteiger charge is 2.17. The first kappa shape index (κ1) is 20.9. The van der Waals surface area contributed by atoms with Gasteiger partial charge in [0.05, 0.1) is 16.5 Å². The Bertz CT molecular complexity index is 951. The highest BCUT2D eigenvalue weighted by molar-refractivity contribution is 7.99. The number of hydrogen-bond donors (Lipinski definition) is 1. The van der Waals surface area contributed by atoms with E-state index >= 15 is 0 Å². The van der Waals surface area contributed by atoms with E-state index in [0.29, 0.717) is 16.6 Å². The smallest absolute Gasteiger partial charge is 0.234 e. The van der Waals surface area contributed by atoms with Crippen molar-refractivity contribution in [1.29, 1.82) is 0 Å². The van der Waals surface area contributed by atoms with Gasteiger partial charge in [0.2, 0.25) is 5.91 Å². The predicted octanol–water partition coefficient (Wildman–Crippen LogP) is 5.92. The zero-order valence-corrected chi connectivity index (χ0v) is 18.5. The van der Waals surface area contributed by atoms with Crippen LogP contribution in [0.25, 0.3) is 11.4 Å². The number of hydrogen-bond acceptors (Lipinski definition) is 5. The number of thioether (sulfide) groups is 1. The van der Waals surface area contributed by atoms with Gasteiger partial charge in [-0.3, -0.25) is 4.79 Å². The molecule has 2 heterocycles. The summed E-state index contributed by atoms with van der Waals surface area (Å²) in [7, 11) is 0. The molecule has 0 aliphatic heterocycles. The Labute approximate surface area is 178 Å². The van der Waals surface area contributed by atoms with Crippen LogP contribution in [0.5, 0.6) is 0 Å². The molecule has 1 amide bonds. The van der Waals surface area contributed by atoms with E-state index in [1.807, 2.05) is 12.1 Å².